The van der Waals surface area contributed by atoms with Crippen LogP contribution >= 0.6 is 11.3 Å². The Bertz CT molecular complexity index is 1230. The van der Waals surface area contributed by atoms with Crippen molar-refractivity contribution in [2.24, 2.45) is 11.8 Å². The van der Waals surface area contributed by atoms with Gasteiger partial charge in [-0.1, -0.05) is 48.5 Å². The van der Waals surface area contributed by atoms with E-state index in [1.165, 1.54) is 22.5 Å². The van der Waals surface area contributed by atoms with Crippen LogP contribution in [-0.2, 0) is 20.7 Å². The average Bonchev–Trinajstić information content (AvgIpc) is 3.41. The first-order chi connectivity index (χ1) is 17.0. The summed E-state index contributed by atoms with van der Waals surface area (Å²) in [6, 6.07) is 16.3. The van der Waals surface area contributed by atoms with Crippen molar-refractivity contribution in [3.05, 3.63) is 70.7 Å². The summed E-state index contributed by atoms with van der Waals surface area (Å²) in [6.07, 6.45) is 2.45. The third-order valence-electron chi connectivity index (χ3n) is 6.51. The maximum absolute atomic E-state index is 12.4. The average molecular weight is 492 g/mol. The van der Waals surface area contributed by atoms with Gasteiger partial charge in [0.05, 0.1) is 5.92 Å². The SMILES string of the molecule is O=C(CCc1cnc(NC(=O)OCC2c3ccccc3-c3ccccc32)s1)NC[C@H]1C[C@H]1C(=O)O. The second kappa shape index (κ2) is 9.87. The molecule has 2 aliphatic carbocycles. The fourth-order valence-corrected chi connectivity index (χ4v) is 5.35. The van der Waals surface area contributed by atoms with Crippen LogP contribution in [0.5, 0.6) is 0 Å². The monoisotopic (exact) mass is 491 g/mol. The molecule has 0 unspecified atom stereocenters. The summed E-state index contributed by atoms with van der Waals surface area (Å²) in [4.78, 5) is 40.4. The van der Waals surface area contributed by atoms with Crippen molar-refractivity contribution in [3.63, 3.8) is 0 Å². The zero-order valence-electron chi connectivity index (χ0n) is 18.9. The number of carbonyl (C=O) groups is 3. The maximum Gasteiger partial charge on any atom is 0.413 e. The lowest BCUT2D eigenvalue weighted by atomic mass is 9.98. The third-order valence-corrected chi connectivity index (χ3v) is 7.48. The van der Waals surface area contributed by atoms with Crippen molar-refractivity contribution < 1.29 is 24.2 Å². The highest BCUT2D eigenvalue weighted by Crippen LogP contribution is 2.44. The summed E-state index contributed by atoms with van der Waals surface area (Å²) in [6.45, 7) is 0.620. The number of aromatic nitrogens is 1. The Labute approximate surface area is 206 Å². The predicted molar refractivity (Wildman–Crippen MR) is 131 cm³/mol. The van der Waals surface area contributed by atoms with Gasteiger partial charge in [-0.15, -0.1) is 11.3 Å². The molecule has 8 nitrogen and oxygen atoms in total. The van der Waals surface area contributed by atoms with Crippen molar-refractivity contribution in [1.29, 1.82) is 0 Å². The number of aryl methyl sites for hydroxylation is 1. The lowest BCUT2D eigenvalue weighted by molar-refractivity contribution is -0.139. The number of aliphatic carboxylic acids is 1. The van der Waals surface area contributed by atoms with Crippen LogP contribution in [0.3, 0.4) is 0 Å². The fraction of sp³-hybridized carbons (Fsp3) is 0.308. The van der Waals surface area contributed by atoms with Crippen molar-refractivity contribution in [3.8, 4) is 11.1 Å². The predicted octanol–water partition coefficient (Wildman–Crippen LogP) is 4.27. The first kappa shape index (κ1) is 23.0. The lowest BCUT2D eigenvalue weighted by Gasteiger charge is -2.14. The standard InChI is InChI=1S/C26H25N3O5S/c30-23(27-12-15-11-21(15)24(31)32)10-9-16-13-28-25(35-16)29-26(33)34-14-22-19-7-3-1-5-17(19)18-6-2-4-8-20(18)22/h1-8,13,15,21-22H,9-12,14H2,(H,27,30)(H,31,32)(H,28,29,33)/t15-,21-/m1/s1. The molecule has 2 aliphatic rings. The van der Waals surface area contributed by atoms with Crippen LogP contribution in [0.2, 0.25) is 0 Å². The van der Waals surface area contributed by atoms with Gasteiger partial charge in [-0.3, -0.25) is 14.9 Å². The van der Waals surface area contributed by atoms with Crippen molar-refractivity contribution in [2.75, 3.05) is 18.5 Å². The van der Waals surface area contributed by atoms with E-state index in [0.717, 1.165) is 16.0 Å². The Morgan fingerprint density at radius 3 is 2.40 bits per heavy atom. The summed E-state index contributed by atoms with van der Waals surface area (Å²) in [5.74, 6) is -1.23. The van der Waals surface area contributed by atoms with Gasteiger partial charge in [0.25, 0.3) is 0 Å². The van der Waals surface area contributed by atoms with Gasteiger partial charge < -0.3 is 15.2 Å². The number of ether oxygens (including phenoxy) is 1. The van der Waals surface area contributed by atoms with E-state index in [-0.39, 0.29) is 36.7 Å². The van der Waals surface area contributed by atoms with E-state index in [1.54, 1.807) is 6.20 Å². The lowest BCUT2D eigenvalue weighted by Crippen LogP contribution is -2.26. The van der Waals surface area contributed by atoms with E-state index in [0.29, 0.717) is 24.5 Å². The van der Waals surface area contributed by atoms with E-state index in [4.69, 9.17) is 9.84 Å². The van der Waals surface area contributed by atoms with Crippen LogP contribution in [0.25, 0.3) is 11.1 Å². The van der Waals surface area contributed by atoms with Crippen LogP contribution in [0, 0.1) is 11.8 Å². The number of fused-ring (bicyclic) bond motifs is 3. The van der Waals surface area contributed by atoms with E-state index >= 15 is 0 Å². The zero-order valence-corrected chi connectivity index (χ0v) is 19.7. The molecule has 1 fully saturated rings. The number of carbonyl (C=O) groups excluding carboxylic acids is 2. The molecule has 180 valence electrons. The van der Waals surface area contributed by atoms with Crippen LogP contribution < -0.4 is 10.6 Å². The van der Waals surface area contributed by atoms with Crippen LogP contribution in [0.4, 0.5) is 9.93 Å². The molecule has 9 heteroatoms. The van der Waals surface area contributed by atoms with E-state index in [1.807, 2.05) is 24.3 Å². The van der Waals surface area contributed by atoms with Crippen molar-refractivity contribution in [2.45, 2.75) is 25.2 Å². The zero-order chi connectivity index (χ0) is 24.4. The summed E-state index contributed by atoms with van der Waals surface area (Å²) in [5, 5.41) is 14.8. The van der Waals surface area contributed by atoms with Crippen LogP contribution in [-0.4, -0.2) is 41.2 Å². The summed E-state index contributed by atoms with van der Waals surface area (Å²) < 4.78 is 5.55. The quantitative estimate of drug-likeness (QED) is 0.411. The van der Waals surface area contributed by atoms with Gasteiger partial charge in [-0.2, -0.15) is 0 Å². The first-order valence-electron chi connectivity index (χ1n) is 11.6. The molecule has 0 saturated heterocycles. The molecule has 3 aromatic rings. The molecule has 2 amide bonds. The Morgan fingerprint density at radius 1 is 1.06 bits per heavy atom. The molecular formula is C26H25N3O5S. The number of anilines is 1. The number of rotatable bonds is 9. The fourth-order valence-electron chi connectivity index (χ4n) is 4.55. The number of amides is 2. The third kappa shape index (κ3) is 5.19. The molecule has 1 saturated carbocycles. The number of hydrogen-bond donors (Lipinski definition) is 3. The molecule has 0 aliphatic heterocycles. The summed E-state index contributed by atoms with van der Waals surface area (Å²) in [7, 11) is 0. The van der Waals surface area contributed by atoms with Gasteiger partial charge in [0, 0.05) is 30.0 Å². The highest BCUT2D eigenvalue weighted by molar-refractivity contribution is 7.15. The number of nitrogens with zero attached hydrogens (tertiary/aromatic N) is 1. The Morgan fingerprint density at radius 2 is 1.74 bits per heavy atom. The molecule has 0 radical (unpaired) electrons. The molecule has 0 bridgehead atoms. The molecule has 3 N–H and O–H groups in total. The number of carboxylic acid groups (broad SMARTS) is 1. The minimum absolute atomic E-state index is 0.0139. The van der Waals surface area contributed by atoms with Gasteiger partial charge in [0.1, 0.15) is 6.61 Å². The first-order valence-corrected chi connectivity index (χ1v) is 12.4. The number of carboxylic acids is 1. The topological polar surface area (TPSA) is 118 Å². The maximum atomic E-state index is 12.4. The molecule has 1 heterocycles. The van der Waals surface area contributed by atoms with Crippen LogP contribution in [0.1, 0.15) is 34.8 Å². The highest BCUT2D eigenvalue weighted by atomic mass is 32.1. The normalized spacial score (nSPS) is 17.8. The molecule has 5 rings (SSSR count). The van der Waals surface area contributed by atoms with Gasteiger partial charge >= 0.3 is 12.1 Å². The van der Waals surface area contributed by atoms with Crippen LogP contribution in [0.15, 0.2) is 54.7 Å². The second-order valence-corrected chi connectivity index (χ2v) is 9.94. The molecular weight excluding hydrogens is 466 g/mol. The Kier molecular flexibility index (Phi) is 6.50. The Balaban J connectivity index is 1.08. The van der Waals surface area contributed by atoms with E-state index in [2.05, 4.69) is 39.9 Å². The number of thiazole rings is 1. The number of benzene rings is 2. The van der Waals surface area contributed by atoms with Gasteiger partial charge in [-0.25, -0.2) is 9.78 Å². The largest absolute Gasteiger partial charge is 0.481 e. The molecule has 2 aromatic carbocycles. The van der Waals surface area contributed by atoms with E-state index in [9.17, 15) is 14.4 Å². The molecule has 2 atom stereocenters. The molecule has 1 aromatic heterocycles. The number of hydrogen-bond acceptors (Lipinski definition) is 6. The van der Waals surface area contributed by atoms with Gasteiger partial charge in [0.2, 0.25) is 5.91 Å². The van der Waals surface area contributed by atoms with Crippen molar-refractivity contribution in [1.82, 2.24) is 10.3 Å². The molecule has 35 heavy (non-hydrogen) atoms. The smallest absolute Gasteiger partial charge is 0.413 e. The Hall–Kier alpha value is -3.72. The van der Waals surface area contributed by atoms with E-state index < -0.39 is 12.1 Å². The summed E-state index contributed by atoms with van der Waals surface area (Å²) >= 11 is 1.30. The second-order valence-electron chi connectivity index (χ2n) is 8.83. The number of nitrogens with one attached hydrogen (secondary N) is 2. The summed E-state index contributed by atoms with van der Waals surface area (Å²) in [5.41, 5.74) is 4.64. The minimum atomic E-state index is -0.801. The molecule has 0 spiro atoms. The van der Waals surface area contributed by atoms with Crippen molar-refractivity contribution >= 4 is 34.4 Å². The highest BCUT2D eigenvalue weighted by Gasteiger charge is 2.42. The van der Waals surface area contributed by atoms with Gasteiger partial charge in [0.15, 0.2) is 5.13 Å². The minimum Gasteiger partial charge on any atom is -0.481 e. The van der Waals surface area contributed by atoms with Gasteiger partial charge in [-0.05, 0) is 41.0 Å².